The molecule has 0 N–H and O–H groups in total. The first kappa shape index (κ1) is 15.2. The van der Waals surface area contributed by atoms with Gasteiger partial charge in [-0.25, -0.2) is 0 Å². The highest BCUT2D eigenvalue weighted by Gasteiger charge is 2.32. The number of fused-ring (bicyclic) bond motifs is 1. The van der Waals surface area contributed by atoms with Crippen LogP contribution >= 0.6 is 15.9 Å². The molecule has 116 valence electrons. The van der Waals surface area contributed by atoms with E-state index in [4.69, 9.17) is 4.74 Å². The van der Waals surface area contributed by atoms with Crippen LogP contribution in [0.4, 0.5) is 0 Å². The number of esters is 1. The molecule has 0 amide bonds. The van der Waals surface area contributed by atoms with Crippen molar-refractivity contribution < 1.29 is 9.53 Å². The van der Waals surface area contributed by atoms with Crippen LogP contribution in [0.5, 0.6) is 0 Å². The van der Waals surface area contributed by atoms with Gasteiger partial charge in [0.1, 0.15) is 6.04 Å². The molecule has 0 radical (unpaired) electrons. The first-order valence-corrected chi connectivity index (χ1v) is 7.80. The van der Waals surface area contributed by atoms with E-state index in [1.54, 1.807) is 4.68 Å². The largest absolute Gasteiger partial charge is 0.468 e. The Balaban J connectivity index is 1.89. The van der Waals surface area contributed by atoms with Gasteiger partial charge in [0.15, 0.2) is 0 Å². The number of methoxy groups -OCH3 is 1. The van der Waals surface area contributed by atoms with Crippen molar-refractivity contribution in [3.05, 3.63) is 45.7 Å². The first-order chi connectivity index (χ1) is 10.6. The molecule has 0 spiro atoms. The molecule has 3 rings (SSSR count). The molecule has 7 heteroatoms. The minimum atomic E-state index is -0.291. The Labute approximate surface area is 137 Å². The van der Waals surface area contributed by atoms with E-state index >= 15 is 0 Å². The molecule has 1 aromatic carbocycles. The highest BCUT2D eigenvalue weighted by Crippen LogP contribution is 2.27. The summed E-state index contributed by atoms with van der Waals surface area (Å²) >= 11 is 3.50. The molecule has 0 fully saturated rings. The highest BCUT2D eigenvalue weighted by atomic mass is 79.9. The normalized spacial score (nSPS) is 18.0. The number of rotatable bonds is 3. The van der Waals surface area contributed by atoms with Gasteiger partial charge >= 0.3 is 5.97 Å². The Morgan fingerprint density at radius 1 is 1.45 bits per heavy atom. The Hall–Kier alpha value is -1.73. The molecule has 0 saturated heterocycles. The first-order valence-electron chi connectivity index (χ1n) is 7.01. The fourth-order valence-corrected chi connectivity index (χ4v) is 3.23. The van der Waals surface area contributed by atoms with Crippen LogP contribution in [0.25, 0.3) is 0 Å². The third-order valence-corrected chi connectivity index (χ3v) is 4.38. The SMILES string of the molecule is COC(=O)C1Cc2ccc(Br)cc2CN1Cc1cn(C)nn1. The molecular weight excluding hydrogens is 348 g/mol. The van der Waals surface area contributed by atoms with E-state index in [9.17, 15) is 4.79 Å². The number of nitrogens with zero attached hydrogens (tertiary/aromatic N) is 4. The number of aromatic nitrogens is 3. The van der Waals surface area contributed by atoms with Crippen molar-refractivity contribution in [2.45, 2.75) is 25.6 Å². The Bertz CT molecular complexity index is 701. The lowest BCUT2D eigenvalue weighted by Gasteiger charge is -2.34. The minimum absolute atomic E-state index is 0.211. The number of carbonyl (C=O) groups excluding carboxylic acids is 1. The van der Waals surface area contributed by atoms with Crippen molar-refractivity contribution in [2.75, 3.05) is 7.11 Å². The van der Waals surface area contributed by atoms with Gasteiger partial charge in [0.25, 0.3) is 0 Å². The minimum Gasteiger partial charge on any atom is -0.468 e. The number of carbonyl (C=O) groups is 1. The third-order valence-electron chi connectivity index (χ3n) is 3.88. The van der Waals surface area contributed by atoms with Crippen molar-refractivity contribution in [1.29, 1.82) is 0 Å². The summed E-state index contributed by atoms with van der Waals surface area (Å²) in [5.41, 5.74) is 3.25. The number of benzene rings is 1. The summed E-state index contributed by atoms with van der Waals surface area (Å²) in [6, 6.07) is 5.88. The summed E-state index contributed by atoms with van der Waals surface area (Å²) in [6.45, 7) is 1.25. The molecule has 0 aliphatic carbocycles. The fraction of sp³-hybridized carbons (Fsp3) is 0.400. The molecule has 1 atom stereocenters. The number of aryl methyl sites for hydroxylation is 1. The molecule has 0 saturated carbocycles. The molecule has 1 aliphatic rings. The van der Waals surface area contributed by atoms with E-state index in [1.807, 2.05) is 19.3 Å². The van der Waals surface area contributed by atoms with Crippen molar-refractivity contribution in [3.8, 4) is 0 Å². The van der Waals surface area contributed by atoms with Crippen LogP contribution in [-0.2, 0) is 36.1 Å². The molecule has 1 aliphatic heterocycles. The lowest BCUT2D eigenvalue weighted by molar-refractivity contribution is -0.148. The van der Waals surface area contributed by atoms with Gasteiger partial charge in [0.05, 0.1) is 12.8 Å². The summed E-state index contributed by atoms with van der Waals surface area (Å²) < 4.78 is 7.68. The molecule has 2 heterocycles. The lowest BCUT2D eigenvalue weighted by Crippen LogP contribution is -2.45. The summed E-state index contributed by atoms with van der Waals surface area (Å²) in [5, 5.41) is 8.06. The van der Waals surface area contributed by atoms with Crippen LogP contribution in [0, 0.1) is 0 Å². The van der Waals surface area contributed by atoms with Gasteiger partial charge in [-0.05, 0) is 29.7 Å². The summed E-state index contributed by atoms with van der Waals surface area (Å²) in [7, 11) is 3.26. The Morgan fingerprint density at radius 3 is 2.95 bits per heavy atom. The monoisotopic (exact) mass is 364 g/mol. The van der Waals surface area contributed by atoms with E-state index in [1.165, 1.54) is 18.2 Å². The zero-order chi connectivity index (χ0) is 15.7. The van der Waals surface area contributed by atoms with Crippen LogP contribution in [0.3, 0.4) is 0 Å². The molecule has 1 unspecified atom stereocenters. The standard InChI is InChI=1S/C15H17BrN4O2/c1-19-8-13(17-18-19)9-20-7-11-5-12(16)4-3-10(11)6-14(20)15(21)22-2/h3-5,8,14H,6-7,9H2,1-2H3. The van der Waals surface area contributed by atoms with Crippen LogP contribution < -0.4 is 0 Å². The smallest absolute Gasteiger partial charge is 0.323 e. The van der Waals surface area contributed by atoms with Crippen molar-refractivity contribution in [1.82, 2.24) is 19.9 Å². The lowest BCUT2D eigenvalue weighted by atomic mass is 9.94. The maximum Gasteiger partial charge on any atom is 0.323 e. The quantitative estimate of drug-likeness (QED) is 0.775. The van der Waals surface area contributed by atoms with E-state index < -0.39 is 0 Å². The molecular formula is C15H17BrN4O2. The second-order valence-electron chi connectivity index (χ2n) is 5.44. The summed E-state index contributed by atoms with van der Waals surface area (Å²) in [5.74, 6) is -0.211. The molecule has 1 aromatic heterocycles. The van der Waals surface area contributed by atoms with Gasteiger partial charge in [-0.1, -0.05) is 27.2 Å². The van der Waals surface area contributed by atoms with E-state index in [-0.39, 0.29) is 12.0 Å². The zero-order valence-corrected chi connectivity index (χ0v) is 14.1. The Morgan fingerprint density at radius 2 is 2.27 bits per heavy atom. The van der Waals surface area contributed by atoms with Crippen molar-refractivity contribution in [3.63, 3.8) is 0 Å². The van der Waals surface area contributed by atoms with Crippen LogP contribution in [0.15, 0.2) is 28.9 Å². The van der Waals surface area contributed by atoms with Gasteiger partial charge in [-0.3, -0.25) is 14.4 Å². The second kappa shape index (κ2) is 6.18. The van der Waals surface area contributed by atoms with Crippen LogP contribution in [0.2, 0.25) is 0 Å². The molecule has 6 nitrogen and oxygen atoms in total. The van der Waals surface area contributed by atoms with Crippen molar-refractivity contribution in [2.24, 2.45) is 7.05 Å². The van der Waals surface area contributed by atoms with Crippen molar-refractivity contribution >= 4 is 21.9 Å². The summed E-state index contributed by atoms with van der Waals surface area (Å²) in [4.78, 5) is 14.2. The third kappa shape index (κ3) is 3.05. The topological polar surface area (TPSA) is 60.2 Å². The predicted molar refractivity (Wildman–Crippen MR) is 83.9 cm³/mol. The summed E-state index contributed by atoms with van der Waals surface area (Å²) in [6.07, 6.45) is 2.51. The average molecular weight is 365 g/mol. The van der Waals surface area contributed by atoms with Gasteiger partial charge in [0.2, 0.25) is 0 Å². The maximum absolute atomic E-state index is 12.1. The van der Waals surface area contributed by atoms with Crippen LogP contribution in [-0.4, -0.2) is 39.0 Å². The van der Waals surface area contributed by atoms with E-state index in [2.05, 4.69) is 43.3 Å². The molecule has 22 heavy (non-hydrogen) atoms. The number of ether oxygens (including phenoxy) is 1. The Kier molecular flexibility index (Phi) is 4.26. The van der Waals surface area contributed by atoms with Gasteiger partial charge in [0, 0.05) is 30.8 Å². The average Bonchev–Trinajstić information content (AvgIpc) is 2.91. The second-order valence-corrected chi connectivity index (χ2v) is 6.36. The van der Waals surface area contributed by atoms with Gasteiger partial charge in [-0.15, -0.1) is 5.10 Å². The van der Waals surface area contributed by atoms with Crippen LogP contribution in [0.1, 0.15) is 16.8 Å². The highest BCUT2D eigenvalue weighted by molar-refractivity contribution is 9.10. The molecule has 0 bridgehead atoms. The van der Waals surface area contributed by atoms with Gasteiger partial charge < -0.3 is 4.74 Å². The van der Waals surface area contributed by atoms with Gasteiger partial charge in [-0.2, -0.15) is 0 Å². The van der Waals surface area contributed by atoms with E-state index in [0.29, 0.717) is 19.5 Å². The predicted octanol–water partition coefficient (Wildman–Crippen LogP) is 1.68. The zero-order valence-electron chi connectivity index (χ0n) is 12.5. The number of halogens is 1. The molecule has 2 aromatic rings. The fourth-order valence-electron chi connectivity index (χ4n) is 2.82. The maximum atomic E-state index is 12.1. The number of hydrogen-bond acceptors (Lipinski definition) is 5. The van der Waals surface area contributed by atoms with E-state index in [0.717, 1.165) is 10.2 Å². The number of hydrogen-bond donors (Lipinski definition) is 0.